The second kappa shape index (κ2) is 8.93. The lowest BCUT2D eigenvalue weighted by molar-refractivity contribution is -0.137. The van der Waals surface area contributed by atoms with Gasteiger partial charge in [0.1, 0.15) is 5.75 Å². The molecule has 170 valence electrons. The van der Waals surface area contributed by atoms with Crippen LogP contribution in [0.3, 0.4) is 0 Å². The Hall–Kier alpha value is -3.88. The normalized spacial score (nSPS) is 11.5. The summed E-state index contributed by atoms with van der Waals surface area (Å²) in [6.07, 6.45) is -2.51. The maximum atomic E-state index is 13.6. The van der Waals surface area contributed by atoms with Crippen LogP contribution in [0.5, 0.6) is 5.75 Å². The third kappa shape index (κ3) is 4.67. The fourth-order valence-corrected chi connectivity index (χ4v) is 3.64. The molecular weight excluding hydrogens is 433 g/mol. The minimum Gasteiger partial charge on any atom is -0.497 e. The molecule has 0 spiro atoms. The van der Waals surface area contributed by atoms with E-state index in [1.807, 2.05) is 24.3 Å². The first-order chi connectivity index (χ1) is 15.8. The number of carbonyl (C=O) groups excluding carboxylic acids is 1. The molecule has 2 heterocycles. The number of methoxy groups -OCH3 is 1. The largest absolute Gasteiger partial charge is 0.497 e. The number of amides is 1. The van der Waals surface area contributed by atoms with Gasteiger partial charge in [-0.15, -0.1) is 0 Å². The van der Waals surface area contributed by atoms with Gasteiger partial charge in [-0.25, -0.2) is 4.98 Å². The Morgan fingerprint density at radius 2 is 1.91 bits per heavy atom. The number of fused-ring (bicyclic) bond motifs is 1. The molecule has 4 rings (SSSR count). The number of carbonyl (C=O) groups is 1. The Bertz CT molecular complexity index is 1310. The van der Waals surface area contributed by atoms with E-state index in [0.29, 0.717) is 24.0 Å². The van der Waals surface area contributed by atoms with Crippen LogP contribution in [-0.2, 0) is 19.6 Å². The van der Waals surface area contributed by atoms with E-state index in [1.165, 1.54) is 35.1 Å². The third-order valence-electron chi connectivity index (χ3n) is 5.29. The fourth-order valence-electron chi connectivity index (χ4n) is 3.64. The third-order valence-corrected chi connectivity index (χ3v) is 5.29. The maximum absolute atomic E-state index is 13.6. The summed E-state index contributed by atoms with van der Waals surface area (Å²) in [7, 11) is 3.21. The molecule has 0 aliphatic carbocycles. The number of pyridine rings is 1. The molecule has 33 heavy (non-hydrogen) atoms. The zero-order valence-electron chi connectivity index (χ0n) is 18.0. The first-order valence-corrected chi connectivity index (χ1v) is 10.2. The topological polar surface area (TPSA) is 69.0 Å². The van der Waals surface area contributed by atoms with Gasteiger partial charge in [0.15, 0.2) is 5.65 Å². The van der Waals surface area contributed by atoms with Crippen molar-refractivity contribution in [2.75, 3.05) is 13.7 Å². The number of rotatable bonds is 6. The molecule has 4 aromatic rings. The zero-order chi connectivity index (χ0) is 23.6. The Kier molecular flexibility index (Phi) is 6.04. The van der Waals surface area contributed by atoms with Crippen LogP contribution < -0.4 is 10.1 Å². The summed E-state index contributed by atoms with van der Waals surface area (Å²) in [6, 6.07) is 14.1. The van der Waals surface area contributed by atoms with E-state index < -0.39 is 17.6 Å². The molecule has 9 heteroatoms. The standard InChI is InChI=1S/C24H21F3N4O2/c1-31-22-19(14-29-31)18(23(32)28-11-10-15-6-5-7-16(12-15)33-2)13-21(30-22)17-8-3-4-9-20(17)24(25,26)27/h3-9,12-14H,10-11H2,1-2H3,(H,28,32). The van der Waals surface area contributed by atoms with E-state index in [4.69, 9.17) is 4.74 Å². The van der Waals surface area contributed by atoms with Crippen molar-refractivity contribution < 1.29 is 22.7 Å². The molecule has 0 aliphatic rings. The zero-order valence-corrected chi connectivity index (χ0v) is 18.0. The minimum absolute atomic E-state index is 0.0528. The number of halogens is 3. The van der Waals surface area contributed by atoms with E-state index in [9.17, 15) is 18.0 Å². The SMILES string of the molecule is COc1cccc(CCNC(=O)c2cc(-c3ccccc3C(F)(F)F)nc3c2cnn3C)c1. The molecule has 2 aromatic carbocycles. The van der Waals surface area contributed by atoms with Gasteiger partial charge in [0.2, 0.25) is 0 Å². The molecule has 0 radical (unpaired) electrons. The van der Waals surface area contributed by atoms with E-state index >= 15 is 0 Å². The number of nitrogens with one attached hydrogen (secondary N) is 1. The van der Waals surface area contributed by atoms with Crippen LogP contribution in [0.2, 0.25) is 0 Å². The summed E-state index contributed by atoms with van der Waals surface area (Å²) >= 11 is 0. The number of ether oxygens (including phenoxy) is 1. The number of hydrogen-bond donors (Lipinski definition) is 1. The van der Waals surface area contributed by atoms with Crippen LogP contribution in [0, 0.1) is 0 Å². The molecular formula is C24H21F3N4O2. The molecule has 2 aromatic heterocycles. The summed E-state index contributed by atoms with van der Waals surface area (Å²) < 4.78 is 47.4. The van der Waals surface area contributed by atoms with Crippen LogP contribution in [0.15, 0.2) is 60.8 Å². The Labute approximate surface area is 188 Å². The number of benzene rings is 2. The highest BCUT2D eigenvalue weighted by Crippen LogP contribution is 2.37. The van der Waals surface area contributed by atoms with E-state index in [0.717, 1.165) is 17.4 Å². The molecule has 0 saturated heterocycles. The van der Waals surface area contributed by atoms with Gasteiger partial charge < -0.3 is 10.1 Å². The molecule has 6 nitrogen and oxygen atoms in total. The highest BCUT2D eigenvalue weighted by molar-refractivity contribution is 6.06. The van der Waals surface area contributed by atoms with E-state index in [-0.39, 0.29) is 16.8 Å². The first-order valence-electron chi connectivity index (χ1n) is 10.2. The predicted molar refractivity (Wildman–Crippen MR) is 118 cm³/mol. The lowest BCUT2D eigenvalue weighted by Gasteiger charge is -2.14. The highest BCUT2D eigenvalue weighted by atomic mass is 19.4. The second-order valence-corrected chi connectivity index (χ2v) is 7.46. The highest BCUT2D eigenvalue weighted by Gasteiger charge is 2.34. The van der Waals surface area contributed by atoms with Crippen molar-refractivity contribution in [3.05, 3.63) is 77.5 Å². The second-order valence-electron chi connectivity index (χ2n) is 7.46. The van der Waals surface area contributed by atoms with Crippen LogP contribution in [-0.4, -0.2) is 34.3 Å². The van der Waals surface area contributed by atoms with Crippen molar-refractivity contribution >= 4 is 16.9 Å². The fraction of sp³-hybridized carbons (Fsp3) is 0.208. The molecule has 0 atom stereocenters. The van der Waals surface area contributed by atoms with Gasteiger partial charge in [-0.2, -0.15) is 18.3 Å². The van der Waals surface area contributed by atoms with Crippen LogP contribution in [0.4, 0.5) is 13.2 Å². The van der Waals surface area contributed by atoms with Gasteiger partial charge in [0.25, 0.3) is 5.91 Å². The average molecular weight is 454 g/mol. The van der Waals surface area contributed by atoms with Crippen molar-refractivity contribution in [3.8, 4) is 17.0 Å². The summed E-state index contributed by atoms with van der Waals surface area (Å²) in [4.78, 5) is 17.4. The number of aryl methyl sites for hydroxylation is 1. The number of hydrogen-bond acceptors (Lipinski definition) is 4. The van der Waals surface area contributed by atoms with Crippen LogP contribution in [0.25, 0.3) is 22.3 Å². The maximum Gasteiger partial charge on any atom is 0.417 e. The lowest BCUT2D eigenvalue weighted by Crippen LogP contribution is -2.26. The number of alkyl halides is 3. The smallest absolute Gasteiger partial charge is 0.417 e. The first kappa shape index (κ1) is 22.3. The number of aromatic nitrogens is 3. The van der Waals surface area contributed by atoms with Crippen molar-refractivity contribution in [1.82, 2.24) is 20.1 Å². The van der Waals surface area contributed by atoms with Crippen molar-refractivity contribution in [1.29, 1.82) is 0 Å². The molecule has 0 fully saturated rings. The molecule has 1 amide bonds. The van der Waals surface area contributed by atoms with Crippen molar-refractivity contribution in [2.45, 2.75) is 12.6 Å². The molecule has 0 unspecified atom stereocenters. The van der Waals surface area contributed by atoms with Gasteiger partial charge in [-0.05, 0) is 36.2 Å². The van der Waals surface area contributed by atoms with E-state index in [2.05, 4.69) is 15.4 Å². The molecule has 0 bridgehead atoms. The lowest BCUT2D eigenvalue weighted by atomic mass is 10.0. The van der Waals surface area contributed by atoms with Crippen LogP contribution in [0.1, 0.15) is 21.5 Å². The Morgan fingerprint density at radius 1 is 1.12 bits per heavy atom. The summed E-state index contributed by atoms with van der Waals surface area (Å²) in [6.45, 7) is 0.338. The monoisotopic (exact) mass is 454 g/mol. The molecule has 0 saturated carbocycles. The van der Waals surface area contributed by atoms with E-state index in [1.54, 1.807) is 14.2 Å². The summed E-state index contributed by atoms with van der Waals surface area (Å²) in [5.41, 5.74) is 0.655. The van der Waals surface area contributed by atoms with Gasteiger partial charge >= 0.3 is 6.18 Å². The summed E-state index contributed by atoms with van der Waals surface area (Å²) in [5, 5.41) is 7.44. The molecule has 0 aliphatic heterocycles. The van der Waals surface area contributed by atoms with Crippen molar-refractivity contribution in [3.63, 3.8) is 0 Å². The quantitative estimate of drug-likeness (QED) is 0.461. The van der Waals surface area contributed by atoms with Gasteiger partial charge in [-0.3, -0.25) is 9.48 Å². The molecule has 1 N–H and O–H groups in total. The van der Waals surface area contributed by atoms with Crippen molar-refractivity contribution in [2.24, 2.45) is 7.05 Å². The number of nitrogens with zero attached hydrogens (tertiary/aromatic N) is 3. The Morgan fingerprint density at radius 3 is 2.67 bits per heavy atom. The van der Waals surface area contributed by atoms with Gasteiger partial charge in [0, 0.05) is 19.2 Å². The van der Waals surface area contributed by atoms with Gasteiger partial charge in [-0.1, -0.05) is 30.3 Å². The van der Waals surface area contributed by atoms with Gasteiger partial charge in [0.05, 0.1) is 35.5 Å². The Balaban J connectivity index is 1.66. The summed E-state index contributed by atoms with van der Waals surface area (Å²) in [5.74, 6) is 0.307. The van der Waals surface area contributed by atoms with Crippen LogP contribution >= 0.6 is 0 Å². The minimum atomic E-state index is -4.56. The average Bonchev–Trinajstić information content (AvgIpc) is 3.18. The predicted octanol–water partition coefficient (Wildman–Crippen LogP) is 4.64.